The van der Waals surface area contributed by atoms with Gasteiger partial charge in [0.05, 0.1) is 10.8 Å². The summed E-state index contributed by atoms with van der Waals surface area (Å²) < 4.78 is 0. The van der Waals surface area contributed by atoms with E-state index in [1.54, 1.807) is 0 Å². The van der Waals surface area contributed by atoms with Gasteiger partial charge in [-0.2, -0.15) is 0 Å². The van der Waals surface area contributed by atoms with Gasteiger partial charge in [-0.3, -0.25) is 0 Å². The molecule has 0 amide bonds. The smallest absolute Gasteiger partial charge is 0.0713 e. The molecule has 68 heavy (non-hydrogen) atoms. The molecule has 7 aromatic carbocycles. The number of rotatable bonds is 7. The van der Waals surface area contributed by atoms with Crippen molar-refractivity contribution in [1.29, 1.82) is 0 Å². The summed E-state index contributed by atoms with van der Waals surface area (Å²) in [4.78, 5) is 0. The molecule has 0 nitrogen and oxygen atoms in total. The van der Waals surface area contributed by atoms with Gasteiger partial charge in [-0.1, -0.05) is 274 Å². The summed E-state index contributed by atoms with van der Waals surface area (Å²) in [5, 5.41) is 0. The van der Waals surface area contributed by atoms with E-state index in [4.69, 9.17) is 0 Å². The molecule has 0 radical (unpaired) electrons. The molecule has 2 atom stereocenters. The van der Waals surface area contributed by atoms with E-state index in [2.05, 4.69) is 252 Å². The van der Waals surface area contributed by atoms with Gasteiger partial charge in [0.15, 0.2) is 0 Å². The van der Waals surface area contributed by atoms with Crippen LogP contribution in [0.4, 0.5) is 0 Å². The molecule has 0 aromatic heterocycles. The van der Waals surface area contributed by atoms with Crippen molar-refractivity contribution in [3.8, 4) is 22.3 Å². The number of benzene rings is 7. The summed E-state index contributed by atoms with van der Waals surface area (Å²) in [6.45, 7) is 20.8. The summed E-state index contributed by atoms with van der Waals surface area (Å²) in [6, 6.07) is 63.6. The second-order valence-electron chi connectivity index (χ2n) is 17.7. The molecule has 4 aliphatic rings. The van der Waals surface area contributed by atoms with Gasteiger partial charge in [-0.05, 0) is 118 Å². The lowest BCUT2D eigenvalue weighted by atomic mass is 9.67. The third-order valence-electron chi connectivity index (χ3n) is 13.8. The molecule has 0 bridgehead atoms. The topological polar surface area (TPSA) is 0 Å². The summed E-state index contributed by atoms with van der Waals surface area (Å²) in [6.07, 6.45) is 22.7. The van der Waals surface area contributed by atoms with Crippen LogP contribution in [-0.2, 0) is 10.8 Å². The molecule has 0 saturated heterocycles. The first-order valence-electron chi connectivity index (χ1n) is 24.3. The monoisotopic (exact) mass is 881 g/mol. The lowest BCUT2D eigenvalue weighted by Gasteiger charge is -2.34. The van der Waals surface area contributed by atoms with Crippen molar-refractivity contribution in [1.82, 2.24) is 0 Å². The van der Waals surface area contributed by atoms with Crippen molar-refractivity contribution < 1.29 is 0 Å². The Kier molecular flexibility index (Phi) is 14.5. The van der Waals surface area contributed by atoms with E-state index in [0.717, 1.165) is 6.42 Å². The van der Waals surface area contributed by atoms with Crippen LogP contribution in [0.25, 0.3) is 22.3 Å². The molecule has 2 unspecified atom stereocenters. The van der Waals surface area contributed by atoms with Crippen molar-refractivity contribution in [3.63, 3.8) is 0 Å². The highest BCUT2D eigenvalue weighted by atomic mass is 14.6. The molecule has 0 heterocycles. The van der Waals surface area contributed by atoms with Crippen LogP contribution < -0.4 is 0 Å². The highest BCUT2D eigenvalue weighted by Gasteiger charge is 2.53. The summed E-state index contributed by atoms with van der Waals surface area (Å²) in [5.74, 6) is 0.434. The molecule has 11 rings (SSSR count). The lowest BCUT2D eigenvalue weighted by Crippen LogP contribution is -2.28. The van der Waals surface area contributed by atoms with Gasteiger partial charge in [-0.15, -0.1) is 0 Å². The van der Waals surface area contributed by atoms with Crippen LogP contribution in [-0.4, -0.2) is 0 Å². The third-order valence-corrected chi connectivity index (χ3v) is 13.8. The Morgan fingerprint density at radius 2 is 1.09 bits per heavy atom. The zero-order valence-corrected chi connectivity index (χ0v) is 40.7. The maximum atomic E-state index is 4.20. The van der Waals surface area contributed by atoms with Crippen LogP contribution >= 0.6 is 0 Å². The van der Waals surface area contributed by atoms with Crippen LogP contribution in [0.3, 0.4) is 0 Å². The van der Waals surface area contributed by atoms with Gasteiger partial charge in [0, 0.05) is 5.92 Å². The predicted octanol–water partition coefficient (Wildman–Crippen LogP) is 18.0. The van der Waals surface area contributed by atoms with Crippen molar-refractivity contribution in [2.45, 2.75) is 64.7 Å². The van der Waals surface area contributed by atoms with E-state index in [-0.39, 0.29) is 10.8 Å². The molecule has 4 aliphatic carbocycles. The molecule has 7 aromatic rings. The Balaban J connectivity index is 0.000000143. The number of aryl methyl sites for hydroxylation is 3. The van der Waals surface area contributed by atoms with E-state index in [9.17, 15) is 0 Å². The SMILES string of the molecule is C=CC1=C(C=C)C2(C(/C=C\C=C/C)=C1)C1=CC=CCC1c1ccc(C)cc12.CC.Cc1ccc(-c2ccccc2)cc1.Cc1ccc2c(c1)C(c1ccccc1)(c1ccccc1)c1ccccc1-2. The van der Waals surface area contributed by atoms with Crippen LogP contribution in [0.1, 0.15) is 83.2 Å². The molecule has 1 spiro atoms. The van der Waals surface area contributed by atoms with E-state index >= 15 is 0 Å². The fourth-order valence-electron chi connectivity index (χ4n) is 10.9. The first kappa shape index (κ1) is 47.0. The van der Waals surface area contributed by atoms with Crippen LogP contribution in [0.5, 0.6) is 0 Å². The van der Waals surface area contributed by atoms with Gasteiger partial charge in [0.1, 0.15) is 0 Å². The summed E-state index contributed by atoms with van der Waals surface area (Å²) in [7, 11) is 0. The fourth-order valence-corrected chi connectivity index (χ4v) is 10.9. The van der Waals surface area contributed by atoms with Crippen molar-refractivity contribution in [2.75, 3.05) is 0 Å². The first-order valence-corrected chi connectivity index (χ1v) is 24.3. The Bertz CT molecular complexity index is 3050. The Morgan fingerprint density at radius 3 is 1.72 bits per heavy atom. The molecule has 336 valence electrons. The van der Waals surface area contributed by atoms with Crippen molar-refractivity contribution >= 4 is 0 Å². The number of allylic oxidation sites excluding steroid dienone is 14. The molecule has 0 aliphatic heterocycles. The minimum absolute atomic E-state index is 0.250. The van der Waals surface area contributed by atoms with E-state index in [0.29, 0.717) is 5.92 Å². The van der Waals surface area contributed by atoms with Crippen molar-refractivity contribution in [2.24, 2.45) is 0 Å². The molecular formula is C68H64. The maximum absolute atomic E-state index is 4.20. The highest BCUT2D eigenvalue weighted by Crippen LogP contribution is 2.63. The molecule has 0 fully saturated rings. The van der Waals surface area contributed by atoms with E-state index in [1.807, 2.05) is 39.0 Å². The summed E-state index contributed by atoms with van der Waals surface area (Å²) >= 11 is 0. The largest absolute Gasteiger partial charge is 0.0987 e. The maximum Gasteiger partial charge on any atom is 0.0713 e. The zero-order valence-electron chi connectivity index (χ0n) is 40.7. The average Bonchev–Trinajstić information content (AvgIpc) is 3.99. The van der Waals surface area contributed by atoms with Crippen molar-refractivity contribution in [3.05, 3.63) is 322 Å². The van der Waals surface area contributed by atoms with Gasteiger partial charge >= 0.3 is 0 Å². The first-order chi connectivity index (χ1) is 33.4. The number of hydrogen-bond acceptors (Lipinski definition) is 0. The average molecular weight is 881 g/mol. The van der Waals surface area contributed by atoms with Crippen LogP contribution in [0.15, 0.2) is 272 Å². The second-order valence-corrected chi connectivity index (χ2v) is 17.7. The Labute approximate surface area is 407 Å². The Morgan fingerprint density at radius 1 is 0.529 bits per heavy atom. The standard InChI is InChI=1S/C27H26.C26H20.C13H12.C2H6/c1-5-8-9-12-21-18-20(6-2)24(7-3)27(21)25-14-11-10-13-22(25)23-16-15-19(4)17-26(23)27;1-19-16-17-23-22-14-8-9-15-24(22)26(25(23)18-19,20-10-4-2-5-11-20)21-12-6-3-7-13-21;1-11-7-9-13(10-8-11)12-5-3-2-4-6-12;1-2/h5-12,14-18,22H,2-3,13H2,1,4H3;2-18H,1H3;2-10H,1H3;1-2H3/b8-5-,12-9-;;;. The highest BCUT2D eigenvalue weighted by molar-refractivity contribution is 5.86. The number of fused-ring (bicyclic) bond motifs is 8. The van der Waals surface area contributed by atoms with E-state index in [1.165, 1.54) is 94.6 Å². The molecular weight excluding hydrogens is 817 g/mol. The van der Waals surface area contributed by atoms with Gasteiger partial charge in [0.2, 0.25) is 0 Å². The number of hydrogen-bond donors (Lipinski definition) is 0. The second kappa shape index (κ2) is 21.0. The van der Waals surface area contributed by atoms with Gasteiger partial charge in [0.25, 0.3) is 0 Å². The van der Waals surface area contributed by atoms with Crippen LogP contribution in [0.2, 0.25) is 0 Å². The van der Waals surface area contributed by atoms with Gasteiger partial charge < -0.3 is 0 Å². The fraction of sp³-hybridized carbons (Fsp3) is 0.147. The molecule has 0 heteroatoms. The van der Waals surface area contributed by atoms with Gasteiger partial charge in [-0.25, -0.2) is 0 Å². The molecule has 0 N–H and O–H groups in total. The van der Waals surface area contributed by atoms with Crippen LogP contribution in [0, 0.1) is 20.8 Å². The quantitative estimate of drug-likeness (QED) is 0.140. The predicted molar refractivity (Wildman–Crippen MR) is 293 cm³/mol. The lowest BCUT2D eigenvalue weighted by molar-refractivity contribution is 0.700. The minimum atomic E-state index is -0.263. The summed E-state index contributed by atoms with van der Waals surface area (Å²) in [5.41, 5.74) is 22.1. The molecule has 0 saturated carbocycles. The minimum Gasteiger partial charge on any atom is -0.0987 e. The normalized spacial score (nSPS) is 17.6. The zero-order chi connectivity index (χ0) is 47.7. The Hall–Kier alpha value is -7.54. The van der Waals surface area contributed by atoms with E-state index < -0.39 is 0 Å². The third kappa shape index (κ3) is 8.41.